The molecule has 3 heterocycles. The number of aryl methyl sites for hydroxylation is 3. The van der Waals surface area contributed by atoms with Crippen molar-refractivity contribution in [3.8, 4) is 11.1 Å². The second-order valence-corrected chi connectivity index (χ2v) is 8.89. The lowest BCUT2D eigenvalue weighted by molar-refractivity contribution is 0.102. The molecule has 1 amide bonds. The van der Waals surface area contributed by atoms with Crippen molar-refractivity contribution in [2.24, 2.45) is 5.73 Å². The Balaban J connectivity index is 1.78. The zero-order valence-electron chi connectivity index (χ0n) is 17.6. The van der Waals surface area contributed by atoms with Gasteiger partial charge in [-0.25, -0.2) is 4.98 Å². The molecule has 0 saturated carbocycles. The highest BCUT2D eigenvalue weighted by Gasteiger charge is 2.24. The van der Waals surface area contributed by atoms with E-state index in [9.17, 15) is 4.79 Å². The van der Waals surface area contributed by atoms with Gasteiger partial charge in [0, 0.05) is 42.0 Å². The van der Waals surface area contributed by atoms with Gasteiger partial charge in [-0.05, 0) is 39.2 Å². The van der Waals surface area contributed by atoms with Gasteiger partial charge >= 0.3 is 0 Å². The number of nitrogens with one attached hydrogen (secondary N) is 1. The Labute approximate surface area is 181 Å². The zero-order chi connectivity index (χ0) is 21.3. The van der Waals surface area contributed by atoms with Crippen molar-refractivity contribution in [2.45, 2.75) is 39.7 Å². The molecule has 156 valence electrons. The molecule has 0 bridgehead atoms. The molecule has 0 unspecified atom stereocenters. The Morgan fingerprint density at radius 3 is 2.47 bits per heavy atom. The van der Waals surface area contributed by atoms with Crippen molar-refractivity contribution in [2.75, 3.05) is 23.3 Å². The fourth-order valence-electron chi connectivity index (χ4n) is 3.98. The van der Waals surface area contributed by atoms with Gasteiger partial charge in [0.05, 0.1) is 17.6 Å². The van der Waals surface area contributed by atoms with Crippen LogP contribution in [0, 0.1) is 20.8 Å². The fourth-order valence-corrected chi connectivity index (χ4v) is 4.67. The SMILES string of the molecule is Cc1cc(C)cc(-c2cncc(NC(=O)c3nc(C)cs3)c2N2CCC(N)CC2)c1. The lowest BCUT2D eigenvalue weighted by Crippen LogP contribution is -2.40. The summed E-state index contributed by atoms with van der Waals surface area (Å²) in [6, 6.07) is 6.72. The molecule has 6 nitrogen and oxygen atoms in total. The molecule has 30 heavy (non-hydrogen) atoms. The van der Waals surface area contributed by atoms with Crippen LogP contribution >= 0.6 is 11.3 Å². The molecule has 3 aromatic rings. The first kappa shape index (κ1) is 20.5. The first-order valence-electron chi connectivity index (χ1n) is 10.2. The predicted octanol–water partition coefficient (Wildman–Crippen LogP) is 4.31. The van der Waals surface area contributed by atoms with Crippen molar-refractivity contribution < 1.29 is 4.79 Å². The maximum atomic E-state index is 12.8. The van der Waals surface area contributed by atoms with Gasteiger partial charge in [-0.1, -0.05) is 29.3 Å². The van der Waals surface area contributed by atoms with Crippen LogP contribution in [0.3, 0.4) is 0 Å². The number of hydrogen-bond donors (Lipinski definition) is 2. The number of aromatic nitrogens is 2. The monoisotopic (exact) mass is 421 g/mol. The van der Waals surface area contributed by atoms with Crippen molar-refractivity contribution in [1.29, 1.82) is 0 Å². The molecular weight excluding hydrogens is 394 g/mol. The van der Waals surface area contributed by atoms with Crippen LogP contribution in [0.1, 0.15) is 39.5 Å². The van der Waals surface area contributed by atoms with Crippen LogP contribution in [-0.2, 0) is 0 Å². The Kier molecular flexibility index (Phi) is 5.83. The number of pyridine rings is 1. The topological polar surface area (TPSA) is 84.1 Å². The number of rotatable bonds is 4. The van der Waals surface area contributed by atoms with E-state index in [0.29, 0.717) is 10.7 Å². The standard InChI is InChI=1S/C23H27N5OS/c1-14-8-15(2)10-17(9-14)19-11-25-12-20(21(19)28-6-4-18(24)5-7-28)27-22(29)23-26-16(3)13-30-23/h8-13,18H,4-7,24H2,1-3H3,(H,27,29). The summed E-state index contributed by atoms with van der Waals surface area (Å²) < 4.78 is 0. The Morgan fingerprint density at radius 1 is 1.13 bits per heavy atom. The van der Waals surface area contributed by atoms with Crippen LogP contribution < -0.4 is 16.0 Å². The van der Waals surface area contributed by atoms with Crippen LogP contribution in [0.25, 0.3) is 11.1 Å². The first-order valence-corrected chi connectivity index (χ1v) is 11.1. The second kappa shape index (κ2) is 8.53. The average Bonchev–Trinajstić information content (AvgIpc) is 3.14. The smallest absolute Gasteiger partial charge is 0.284 e. The van der Waals surface area contributed by atoms with Gasteiger partial charge < -0.3 is 16.0 Å². The highest BCUT2D eigenvalue weighted by atomic mass is 32.1. The molecule has 7 heteroatoms. The number of carbonyl (C=O) groups excluding carboxylic acids is 1. The summed E-state index contributed by atoms with van der Waals surface area (Å²) in [5.41, 5.74) is 13.2. The molecule has 3 N–H and O–H groups in total. The van der Waals surface area contributed by atoms with E-state index in [-0.39, 0.29) is 11.9 Å². The van der Waals surface area contributed by atoms with E-state index in [4.69, 9.17) is 5.73 Å². The molecule has 0 spiro atoms. The fraction of sp³-hybridized carbons (Fsp3) is 0.348. The van der Waals surface area contributed by atoms with Gasteiger partial charge in [-0.15, -0.1) is 11.3 Å². The molecule has 2 aromatic heterocycles. The Bertz CT molecular complexity index is 1050. The minimum Gasteiger partial charge on any atom is -0.369 e. The highest BCUT2D eigenvalue weighted by Crippen LogP contribution is 2.38. The number of nitrogens with two attached hydrogens (primary N) is 1. The van der Waals surface area contributed by atoms with Crippen LogP contribution in [0.2, 0.25) is 0 Å². The maximum absolute atomic E-state index is 12.8. The first-order chi connectivity index (χ1) is 14.4. The van der Waals surface area contributed by atoms with Crippen LogP contribution in [-0.4, -0.2) is 35.0 Å². The van der Waals surface area contributed by atoms with Crippen LogP contribution in [0.4, 0.5) is 11.4 Å². The van der Waals surface area contributed by atoms with Crippen molar-refractivity contribution in [3.05, 3.63) is 57.8 Å². The molecule has 4 rings (SSSR count). The van der Waals surface area contributed by atoms with Gasteiger partial charge in [0.1, 0.15) is 0 Å². The number of hydrogen-bond acceptors (Lipinski definition) is 6. The molecule has 1 fully saturated rings. The summed E-state index contributed by atoms with van der Waals surface area (Å²) in [5.74, 6) is -0.206. The maximum Gasteiger partial charge on any atom is 0.284 e. The lowest BCUT2D eigenvalue weighted by Gasteiger charge is -2.34. The minimum atomic E-state index is -0.206. The summed E-state index contributed by atoms with van der Waals surface area (Å²) in [6.07, 6.45) is 5.47. The minimum absolute atomic E-state index is 0.206. The van der Waals surface area contributed by atoms with E-state index < -0.39 is 0 Å². The van der Waals surface area contributed by atoms with E-state index in [1.165, 1.54) is 22.5 Å². The van der Waals surface area contributed by atoms with E-state index in [1.807, 2.05) is 18.5 Å². The number of anilines is 2. The lowest BCUT2D eigenvalue weighted by atomic mass is 9.98. The normalized spacial score (nSPS) is 14.7. The zero-order valence-corrected chi connectivity index (χ0v) is 18.4. The van der Waals surface area contributed by atoms with E-state index in [2.05, 4.69) is 52.2 Å². The third-order valence-corrected chi connectivity index (χ3v) is 6.33. The van der Waals surface area contributed by atoms with Crippen molar-refractivity contribution in [1.82, 2.24) is 9.97 Å². The molecule has 0 radical (unpaired) electrons. The number of benzene rings is 1. The average molecular weight is 422 g/mol. The van der Waals surface area contributed by atoms with Crippen molar-refractivity contribution in [3.63, 3.8) is 0 Å². The van der Waals surface area contributed by atoms with E-state index in [1.54, 1.807) is 6.20 Å². The third-order valence-electron chi connectivity index (χ3n) is 5.37. The highest BCUT2D eigenvalue weighted by molar-refractivity contribution is 7.11. The molecule has 1 aliphatic rings. The van der Waals surface area contributed by atoms with E-state index in [0.717, 1.165) is 48.4 Å². The van der Waals surface area contributed by atoms with Gasteiger partial charge in [0.25, 0.3) is 5.91 Å². The molecule has 0 aliphatic carbocycles. The molecular formula is C23H27N5OS. The van der Waals surface area contributed by atoms with E-state index >= 15 is 0 Å². The Morgan fingerprint density at radius 2 is 1.83 bits per heavy atom. The number of piperidine rings is 1. The number of carbonyl (C=O) groups is 1. The Hall–Kier alpha value is -2.77. The molecule has 1 saturated heterocycles. The second-order valence-electron chi connectivity index (χ2n) is 8.03. The van der Waals surface area contributed by atoms with Gasteiger partial charge in [0.2, 0.25) is 0 Å². The number of thiazole rings is 1. The van der Waals surface area contributed by atoms with Gasteiger partial charge in [-0.2, -0.15) is 0 Å². The summed E-state index contributed by atoms with van der Waals surface area (Å²) in [4.78, 5) is 23.9. The molecule has 0 atom stereocenters. The molecule has 1 aliphatic heterocycles. The number of amides is 1. The van der Waals surface area contributed by atoms with Crippen molar-refractivity contribution >= 4 is 28.6 Å². The predicted molar refractivity (Wildman–Crippen MR) is 123 cm³/mol. The third kappa shape index (κ3) is 4.37. The quantitative estimate of drug-likeness (QED) is 0.656. The van der Waals surface area contributed by atoms with Crippen LogP contribution in [0.5, 0.6) is 0 Å². The largest absolute Gasteiger partial charge is 0.369 e. The summed E-state index contributed by atoms with van der Waals surface area (Å²) in [5, 5.41) is 5.40. The number of nitrogens with zero attached hydrogens (tertiary/aromatic N) is 3. The summed E-state index contributed by atoms with van der Waals surface area (Å²) in [6.45, 7) is 7.78. The summed E-state index contributed by atoms with van der Waals surface area (Å²) in [7, 11) is 0. The van der Waals surface area contributed by atoms with Gasteiger partial charge in [0.15, 0.2) is 5.01 Å². The van der Waals surface area contributed by atoms with Gasteiger partial charge in [-0.3, -0.25) is 9.78 Å². The molecule has 1 aromatic carbocycles. The van der Waals surface area contributed by atoms with Crippen LogP contribution in [0.15, 0.2) is 36.0 Å². The summed E-state index contributed by atoms with van der Waals surface area (Å²) >= 11 is 1.35.